The zero-order valence-corrected chi connectivity index (χ0v) is 30.6. The molecule has 0 unspecified atom stereocenters. The fraction of sp³-hybridized carbons (Fsp3) is 0. The second kappa shape index (κ2) is 11.8. The number of benzene rings is 8. The molecule has 0 aliphatic heterocycles. The first-order valence-corrected chi connectivity index (χ1v) is 20.1. The van der Waals surface area contributed by atoms with Crippen LogP contribution >= 0.6 is 11.3 Å². The summed E-state index contributed by atoms with van der Waals surface area (Å²) in [4.78, 5) is 2.43. The smallest absolute Gasteiger partial charge is 0.0602 e. The summed E-state index contributed by atoms with van der Waals surface area (Å²) in [5.74, 6) is 0. The molecule has 4 heteroatoms. The average molecular weight is 746 g/mol. The molecule has 244 valence electrons. The van der Waals surface area contributed by atoms with E-state index in [0.717, 1.165) is 11.4 Å². The number of nitrogens with zero attached hydrogens (tertiary/aromatic N) is 2. The van der Waals surface area contributed by atoms with Crippen molar-refractivity contribution in [2.75, 3.05) is 4.90 Å². The van der Waals surface area contributed by atoms with Crippen molar-refractivity contribution < 1.29 is 0 Å². The normalized spacial score (nSPS) is 11.8. The quantitative estimate of drug-likeness (QED) is 0.159. The van der Waals surface area contributed by atoms with Gasteiger partial charge in [0.1, 0.15) is 0 Å². The predicted molar refractivity (Wildman–Crippen MR) is 226 cm³/mol. The first kappa shape index (κ1) is 29.8. The summed E-state index contributed by atoms with van der Waals surface area (Å²) >= 11 is 2.20. The molecule has 0 N–H and O–H groups in total. The molecule has 0 fully saturated rings. The zero-order valence-electron chi connectivity index (χ0n) is 28.0. The van der Waals surface area contributed by atoms with E-state index in [1.807, 2.05) is 11.3 Å². The molecule has 3 aromatic heterocycles. The monoisotopic (exact) mass is 746 g/mol. The third-order valence-electron chi connectivity index (χ3n) is 10.4. The summed E-state index contributed by atoms with van der Waals surface area (Å²) < 4.78 is 7.93. The minimum Gasteiger partial charge on any atom is -0.0602 e. The van der Waals surface area contributed by atoms with Crippen LogP contribution in [-0.4, -0.2) is 19.1 Å². The number of hydrogen-bond acceptors (Lipinski definition) is 2. The van der Waals surface area contributed by atoms with Crippen LogP contribution in [0.25, 0.3) is 78.1 Å². The second-order valence-electron chi connectivity index (χ2n) is 13.4. The Bertz CT molecular complexity index is 3020. The number of hydrogen-bond donors (Lipinski definition) is 0. The van der Waals surface area contributed by atoms with Crippen molar-refractivity contribution in [3.63, 3.8) is 0 Å². The Morgan fingerprint density at radius 1 is 0.385 bits per heavy atom. The van der Waals surface area contributed by atoms with Crippen LogP contribution in [0.5, 0.6) is 0 Å². The van der Waals surface area contributed by atoms with Gasteiger partial charge in [0.05, 0.1) is 11.0 Å². The zero-order chi connectivity index (χ0) is 34.2. The van der Waals surface area contributed by atoms with Crippen LogP contribution in [0.4, 0.5) is 17.1 Å². The van der Waals surface area contributed by atoms with E-state index in [1.54, 1.807) is 0 Å². The molecule has 0 radical (unpaired) electrons. The Balaban J connectivity index is 1.06. The van der Waals surface area contributed by atoms with Crippen molar-refractivity contribution in [1.29, 1.82) is 0 Å². The molecule has 52 heavy (non-hydrogen) atoms. The molecule has 0 aliphatic carbocycles. The van der Waals surface area contributed by atoms with Crippen LogP contribution in [-0.2, 0) is 0 Å². The summed E-state index contributed by atoms with van der Waals surface area (Å²) in [6, 6.07) is 67.1. The molecule has 0 saturated carbocycles. The molecule has 0 amide bonds. The number of para-hydroxylation sites is 2. The number of aromatic nitrogens is 1. The van der Waals surface area contributed by atoms with Gasteiger partial charge >= 0.3 is 231 Å². The molecule has 0 bridgehead atoms. The summed E-state index contributed by atoms with van der Waals surface area (Å²) in [5, 5.41) is 7.88. The predicted octanol–water partition coefficient (Wildman–Crippen LogP) is 13.7. The van der Waals surface area contributed by atoms with Gasteiger partial charge in [-0.25, -0.2) is 0 Å². The number of thiophene rings is 1. The Labute approximate surface area is 310 Å². The minimum absolute atomic E-state index is 0.333. The van der Waals surface area contributed by atoms with Crippen molar-refractivity contribution in [2.45, 2.75) is 0 Å². The van der Waals surface area contributed by atoms with Gasteiger partial charge in [0.25, 0.3) is 0 Å². The molecule has 11 rings (SSSR count). The fourth-order valence-electron chi connectivity index (χ4n) is 7.96. The number of rotatable bonds is 5. The topological polar surface area (TPSA) is 8.17 Å². The molecular weight excluding hydrogens is 716 g/mol. The molecule has 8 aromatic carbocycles. The van der Waals surface area contributed by atoms with Gasteiger partial charge in [-0.2, -0.15) is 0 Å². The van der Waals surface area contributed by atoms with Gasteiger partial charge in [-0.15, -0.1) is 0 Å². The Kier molecular flexibility index (Phi) is 6.78. The van der Waals surface area contributed by atoms with E-state index >= 15 is 0 Å². The van der Waals surface area contributed by atoms with Gasteiger partial charge < -0.3 is 4.57 Å². The molecule has 11 aromatic rings. The average Bonchev–Trinajstić information content (AvgIpc) is 3.88. The first-order valence-electron chi connectivity index (χ1n) is 17.6. The SMILES string of the molecule is c1ccc(-n2c3ccccc3c3cc(-c4ccc(N(c5ccc6sc7ccccc7c6c5)c5ccc6[se]c7ccccc7c6c5)cc4)ccc32)cc1. The van der Waals surface area contributed by atoms with Crippen molar-refractivity contribution in [3.8, 4) is 16.8 Å². The molecule has 2 nitrogen and oxygen atoms in total. The van der Waals surface area contributed by atoms with Crippen molar-refractivity contribution in [2.24, 2.45) is 0 Å². The van der Waals surface area contributed by atoms with Gasteiger partial charge in [-0.05, 0) is 18.2 Å². The standard InChI is InChI=1S/C48H30N2SSe/c1-2-10-33(11-3-1)50-43-15-7-4-12-37(43)40-28-32(20-25-44(40)50)31-18-21-34(22-19-31)49(35-23-26-46-41(29-35)38-13-5-8-16-45(38)51-46)36-24-27-48-42(30-36)39-14-6-9-17-47(39)52-48/h1-30H. The minimum atomic E-state index is 0.333. The van der Waals surface area contributed by atoms with E-state index in [-0.39, 0.29) is 0 Å². The van der Waals surface area contributed by atoms with E-state index in [0.29, 0.717) is 14.5 Å². The Morgan fingerprint density at radius 3 is 1.87 bits per heavy atom. The molecule has 0 spiro atoms. The molecule has 0 saturated heterocycles. The fourth-order valence-corrected chi connectivity index (χ4v) is 11.3. The molecular formula is C48H30N2SSe. The van der Waals surface area contributed by atoms with Gasteiger partial charge in [-0.1, -0.05) is 36.4 Å². The number of anilines is 3. The summed E-state index contributed by atoms with van der Waals surface area (Å²) in [6.45, 7) is 0. The van der Waals surface area contributed by atoms with Gasteiger partial charge in [0, 0.05) is 11.1 Å². The van der Waals surface area contributed by atoms with Crippen LogP contribution in [0.2, 0.25) is 0 Å². The van der Waals surface area contributed by atoms with Gasteiger partial charge in [-0.3, -0.25) is 0 Å². The van der Waals surface area contributed by atoms with E-state index in [1.165, 1.54) is 83.8 Å². The van der Waals surface area contributed by atoms with Crippen LogP contribution < -0.4 is 4.90 Å². The van der Waals surface area contributed by atoms with Crippen LogP contribution in [0.15, 0.2) is 182 Å². The third-order valence-corrected chi connectivity index (χ3v) is 14.0. The molecule has 0 aliphatic rings. The van der Waals surface area contributed by atoms with Crippen LogP contribution in [0.1, 0.15) is 0 Å². The Hall–Kier alpha value is -5.90. The maximum atomic E-state index is 2.43. The van der Waals surface area contributed by atoms with E-state index in [4.69, 9.17) is 0 Å². The first-order chi connectivity index (χ1) is 25.8. The summed E-state index contributed by atoms with van der Waals surface area (Å²) in [7, 11) is 0. The molecule has 0 atom stereocenters. The summed E-state index contributed by atoms with van der Waals surface area (Å²) in [6.07, 6.45) is 0. The van der Waals surface area contributed by atoms with E-state index < -0.39 is 0 Å². The van der Waals surface area contributed by atoms with E-state index in [9.17, 15) is 0 Å². The third kappa shape index (κ3) is 4.69. The number of fused-ring (bicyclic) bond motifs is 9. The maximum absolute atomic E-state index is 2.43. The van der Waals surface area contributed by atoms with Gasteiger partial charge in [0.15, 0.2) is 0 Å². The molecule has 3 heterocycles. The Morgan fingerprint density at radius 2 is 1.00 bits per heavy atom. The second-order valence-corrected chi connectivity index (χ2v) is 16.7. The van der Waals surface area contributed by atoms with Gasteiger partial charge in [0.2, 0.25) is 0 Å². The van der Waals surface area contributed by atoms with Crippen LogP contribution in [0, 0.1) is 0 Å². The van der Waals surface area contributed by atoms with Crippen molar-refractivity contribution in [1.82, 2.24) is 4.57 Å². The van der Waals surface area contributed by atoms with E-state index in [2.05, 4.69) is 191 Å². The van der Waals surface area contributed by atoms with Crippen molar-refractivity contribution >= 4 is 104 Å². The van der Waals surface area contributed by atoms with Crippen molar-refractivity contribution in [3.05, 3.63) is 182 Å². The summed E-state index contributed by atoms with van der Waals surface area (Å²) in [5.41, 5.74) is 9.51. The van der Waals surface area contributed by atoms with Crippen LogP contribution in [0.3, 0.4) is 0 Å².